The molecule has 2 aromatic heterocycles. The Kier molecular flexibility index (Phi) is 4.54. The average molecular weight is 389 g/mol. The van der Waals surface area contributed by atoms with Crippen LogP contribution in [-0.2, 0) is 23.5 Å². The zero-order valence-electron chi connectivity index (χ0n) is 13.3. The smallest absolute Gasteiger partial charge is 0.326 e. The fourth-order valence-electron chi connectivity index (χ4n) is 3.23. The van der Waals surface area contributed by atoms with Gasteiger partial charge < -0.3 is 15.0 Å². The third-order valence-electron chi connectivity index (χ3n) is 4.44. The number of hydrogen-bond donors (Lipinski definition) is 2. The summed E-state index contributed by atoms with van der Waals surface area (Å²) in [5.74, 6) is -0.0474. The van der Waals surface area contributed by atoms with E-state index in [1.165, 1.54) is 16.6 Å². The molecule has 7 heteroatoms. The summed E-state index contributed by atoms with van der Waals surface area (Å²) in [6.07, 6.45) is 0.467. The largest absolute Gasteiger partial charge is 0.480 e. The van der Waals surface area contributed by atoms with Crippen LogP contribution in [0.1, 0.15) is 16.1 Å². The molecule has 2 N–H and O–H groups in total. The lowest BCUT2D eigenvalue weighted by molar-refractivity contribution is -0.142. The van der Waals surface area contributed by atoms with Crippen molar-refractivity contribution in [3.8, 4) is 0 Å². The molecule has 0 unspecified atom stereocenters. The van der Waals surface area contributed by atoms with E-state index < -0.39 is 12.0 Å². The van der Waals surface area contributed by atoms with E-state index in [9.17, 15) is 9.90 Å². The van der Waals surface area contributed by atoms with Gasteiger partial charge in [-0.25, -0.2) is 4.79 Å². The van der Waals surface area contributed by atoms with Crippen LogP contribution in [0.4, 0.5) is 0 Å². The Hall–Kier alpha value is -1.83. The van der Waals surface area contributed by atoms with E-state index in [4.69, 9.17) is 12.2 Å². The van der Waals surface area contributed by atoms with Gasteiger partial charge in [-0.05, 0) is 23.1 Å². The highest BCUT2D eigenvalue weighted by molar-refractivity contribution is 8.22. The first-order chi connectivity index (χ1) is 12.1. The molecule has 3 heterocycles. The van der Waals surface area contributed by atoms with Gasteiger partial charge in [0.25, 0.3) is 0 Å². The molecule has 0 aliphatic carbocycles. The number of thiocarbonyl (C=S) groups is 1. The summed E-state index contributed by atoms with van der Waals surface area (Å²) in [6.45, 7) is 0.511. The molecular weight excluding hydrogens is 372 g/mol. The van der Waals surface area contributed by atoms with Crippen LogP contribution >= 0.6 is 35.3 Å². The number of thiophene rings is 1. The van der Waals surface area contributed by atoms with Crippen molar-refractivity contribution in [2.45, 2.75) is 24.8 Å². The molecule has 0 saturated carbocycles. The molecule has 1 aromatic carbocycles. The Morgan fingerprint density at radius 1 is 1.36 bits per heavy atom. The van der Waals surface area contributed by atoms with Gasteiger partial charge in [0.15, 0.2) is 0 Å². The van der Waals surface area contributed by atoms with Crippen molar-refractivity contribution in [1.82, 2.24) is 9.88 Å². The number of nitrogens with zero attached hydrogens (tertiary/aromatic N) is 1. The molecule has 128 valence electrons. The number of nitrogens with one attached hydrogen (secondary N) is 1. The SMILES string of the molecule is O=C(O)[C@@H]1Cc2c([nH]c3ccccc23)CN1C(=S)SCc1cccs1. The maximum absolute atomic E-state index is 11.9. The topological polar surface area (TPSA) is 56.3 Å². The minimum atomic E-state index is -0.824. The fraction of sp³-hybridized carbons (Fsp3) is 0.222. The molecule has 1 atom stereocenters. The van der Waals surface area contributed by atoms with Crippen LogP contribution in [0.25, 0.3) is 10.9 Å². The summed E-state index contributed by atoms with van der Waals surface area (Å²) < 4.78 is 0.644. The maximum Gasteiger partial charge on any atom is 0.326 e. The van der Waals surface area contributed by atoms with Gasteiger partial charge in [-0.2, -0.15) is 0 Å². The highest BCUT2D eigenvalue weighted by Crippen LogP contribution is 2.32. The minimum absolute atomic E-state index is 0.467. The summed E-state index contributed by atoms with van der Waals surface area (Å²) in [5.41, 5.74) is 3.22. The summed E-state index contributed by atoms with van der Waals surface area (Å²) in [6, 6.07) is 11.5. The Bertz CT molecular complexity index is 933. The van der Waals surface area contributed by atoms with Gasteiger partial charge >= 0.3 is 5.97 Å². The average Bonchev–Trinajstić information content (AvgIpc) is 3.25. The predicted molar refractivity (Wildman–Crippen MR) is 107 cm³/mol. The second kappa shape index (κ2) is 6.82. The molecule has 0 bridgehead atoms. The van der Waals surface area contributed by atoms with Crippen molar-refractivity contribution >= 4 is 56.5 Å². The van der Waals surface area contributed by atoms with Crippen LogP contribution in [0.5, 0.6) is 0 Å². The number of aromatic amines is 1. The molecule has 4 nitrogen and oxygen atoms in total. The van der Waals surface area contributed by atoms with Gasteiger partial charge in [0.2, 0.25) is 0 Å². The summed E-state index contributed by atoms with van der Waals surface area (Å²) in [4.78, 5) is 18.4. The van der Waals surface area contributed by atoms with Crippen LogP contribution in [0.15, 0.2) is 41.8 Å². The number of fused-ring (bicyclic) bond motifs is 3. The van der Waals surface area contributed by atoms with Crippen molar-refractivity contribution in [3.05, 3.63) is 57.9 Å². The van der Waals surface area contributed by atoms with Crippen molar-refractivity contribution in [1.29, 1.82) is 0 Å². The third-order valence-corrected chi connectivity index (χ3v) is 7.03. The second-order valence-corrected chi connectivity index (χ2v) is 8.59. The molecule has 0 amide bonds. The van der Waals surface area contributed by atoms with E-state index in [0.717, 1.165) is 27.9 Å². The monoisotopic (exact) mass is 388 g/mol. The fourth-order valence-corrected chi connectivity index (χ4v) is 5.26. The van der Waals surface area contributed by atoms with Gasteiger partial charge in [-0.3, -0.25) is 0 Å². The van der Waals surface area contributed by atoms with Crippen LogP contribution in [0.2, 0.25) is 0 Å². The zero-order chi connectivity index (χ0) is 17.4. The number of para-hydroxylation sites is 1. The summed E-state index contributed by atoms with van der Waals surface area (Å²) >= 11 is 8.79. The predicted octanol–water partition coefficient (Wildman–Crippen LogP) is 4.26. The lowest BCUT2D eigenvalue weighted by atomic mass is 9.97. The number of aliphatic carboxylic acids is 1. The van der Waals surface area contributed by atoms with E-state index in [1.54, 1.807) is 11.3 Å². The molecule has 4 rings (SSSR count). The number of carbonyl (C=O) groups is 1. The van der Waals surface area contributed by atoms with Gasteiger partial charge in [0.1, 0.15) is 10.4 Å². The standard InChI is InChI=1S/C18H16N2O2S3/c21-17(22)16-8-13-12-5-1-2-6-14(12)19-15(13)9-20(16)18(23)25-10-11-4-3-7-24-11/h1-7,16,19H,8-10H2,(H,21,22)/t16-/m0/s1. The number of carboxylic acid groups (broad SMARTS) is 1. The molecule has 25 heavy (non-hydrogen) atoms. The third kappa shape index (κ3) is 3.19. The number of carboxylic acids is 1. The molecule has 1 aliphatic heterocycles. The van der Waals surface area contributed by atoms with Crippen molar-refractivity contribution in [2.75, 3.05) is 0 Å². The van der Waals surface area contributed by atoms with E-state index in [0.29, 0.717) is 17.3 Å². The Balaban J connectivity index is 1.60. The van der Waals surface area contributed by atoms with Crippen molar-refractivity contribution in [2.24, 2.45) is 0 Å². The molecular formula is C18H16N2O2S3. The number of H-pyrrole nitrogens is 1. The zero-order valence-corrected chi connectivity index (χ0v) is 15.7. The van der Waals surface area contributed by atoms with Gasteiger partial charge in [0.05, 0.1) is 6.54 Å². The molecule has 0 saturated heterocycles. The van der Waals surface area contributed by atoms with Crippen molar-refractivity contribution in [3.63, 3.8) is 0 Å². The quantitative estimate of drug-likeness (QED) is 0.657. The van der Waals surface area contributed by atoms with E-state index in [2.05, 4.69) is 11.1 Å². The lowest BCUT2D eigenvalue weighted by Gasteiger charge is -2.34. The maximum atomic E-state index is 11.9. The van der Waals surface area contributed by atoms with Crippen molar-refractivity contribution < 1.29 is 9.90 Å². The van der Waals surface area contributed by atoms with Crippen LogP contribution in [-0.4, -0.2) is 31.3 Å². The van der Waals surface area contributed by atoms with Crippen LogP contribution < -0.4 is 0 Å². The van der Waals surface area contributed by atoms with Gasteiger partial charge in [-0.1, -0.05) is 48.2 Å². The number of hydrogen-bond acceptors (Lipinski definition) is 4. The molecule has 3 aromatic rings. The second-order valence-electron chi connectivity index (χ2n) is 5.95. The highest BCUT2D eigenvalue weighted by atomic mass is 32.2. The van der Waals surface area contributed by atoms with E-state index >= 15 is 0 Å². The van der Waals surface area contributed by atoms with Gasteiger partial charge in [-0.15, -0.1) is 11.3 Å². The Labute approximate surface area is 158 Å². The van der Waals surface area contributed by atoms with Gasteiger partial charge in [0, 0.05) is 33.6 Å². The number of benzene rings is 1. The first-order valence-electron chi connectivity index (χ1n) is 7.90. The first-order valence-corrected chi connectivity index (χ1v) is 10.2. The summed E-state index contributed by atoms with van der Waals surface area (Å²) in [7, 11) is 0. The molecule has 0 spiro atoms. The number of thioether (sulfide) groups is 1. The molecule has 0 fully saturated rings. The first kappa shape index (κ1) is 16.6. The minimum Gasteiger partial charge on any atom is -0.480 e. The molecule has 1 aliphatic rings. The van der Waals surface area contributed by atoms with E-state index in [-0.39, 0.29) is 0 Å². The van der Waals surface area contributed by atoms with Crippen LogP contribution in [0.3, 0.4) is 0 Å². The normalized spacial score (nSPS) is 16.8. The Morgan fingerprint density at radius 3 is 2.96 bits per heavy atom. The molecule has 0 radical (unpaired) electrons. The summed E-state index contributed by atoms with van der Waals surface area (Å²) in [5, 5.41) is 12.9. The van der Waals surface area contributed by atoms with E-state index in [1.807, 2.05) is 40.6 Å². The lowest BCUT2D eigenvalue weighted by Crippen LogP contribution is -2.47. The number of rotatable bonds is 3. The van der Waals surface area contributed by atoms with Crippen LogP contribution in [0, 0.1) is 0 Å². The number of aromatic nitrogens is 1. The highest BCUT2D eigenvalue weighted by Gasteiger charge is 2.34. The Morgan fingerprint density at radius 2 is 2.20 bits per heavy atom.